The van der Waals surface area contributed by atoms with E-state index in [0.717, 1.165) is 105 Å². The molecule has 48 heavy (non-hydrogen) atoms. The van der Waals surface area contributed by atoms with Crippen LogP contribution in [0, 0.1) is 0 Å². The molecule has 2 aromatic heterocycles. The van der Waals surface area contributed by atoms with Crippen LogP contribution in [-0.4, -0.2) is 70.3 Å². The molecule has 4 heterocycles. The molecule has 4 aromatic rings. The van der Waals surface area contributed by atoms with Crippen molar-refractivity contribution in [2.45, 2.75) is 83.0 Å². The predicted molar refractivity (Wildman–Crippen MR) is 187 cm³/mol. The van der Waals surface area contributed by atoms with Crippen molar-refractivity contribution in [3.8, 4) is 5.75 Å². The van der Waals surface area contributed by atoms with Gasteiger partial charge in [-0.15, -0.1) is 10.2 Å². The second-order valence-corrected chi connectivity index (χ2v) is 14.9. The Kier molecular flexibility index (Phi) is 8.91. The van der Waals surface area contributed by atoms with Crippen LogP contribution >= 0.6 is 0 Å². The molecule has 254 valence electrons. The van der Waals surface area contributed by atoms with Gasteiger partial charge in [-0.2, -0.15) is 0 Å². The lowest BCUT2D eigenvalue weighted by Crippen LogP contribution is -2.37. The zero-order valence-corrected chi connectivity index (χ0v) is 29.0. The normalized spacial score (nSPS) is 23.6. The third-order valence-corrected chi connectivity index (χ3v) is 10.6. The number of hydrogen-bond acceptors (Lipinski definition) is 7. The van der Waals surface area contributed by atoms with Crippen molar-refractivity contribution in [1.29, 1.82) is 0 Å². The maximum absolute atomic E-state index is 13.7. The van der Waals surface area contributed by atoms with Crippen LogP contribution in [0.3, 0.4) is 0 Å². The standard InChI is InChI=1S/C38H49N7O3/c1-37(2,3)27-12-11-26(24-44-19-21-47-22-20-44)32(23-27)40-36(46)39-31-14-15-33(30-10-7-6-9-29(30)31)48-28-13-16-34-41-42-35(45(34)25-28)38(4)17-8-18-43(38)5/h6-7,9-13,16,23,25,31,33H,8,14-15,17-22,24H2,1-5H3,(H2,39,40,46)/t31-,33+,38-/m0/s1. The van der Waals surface area contributed by atoms with Crippen molar-refractivity contribution >= 4 is 17.4 Å². The number of benzene rings is 2. The Morgan fingerprint density at radius 2 is 1.81 bits per heavy atom. The second-order valence-electron chi connectivity index (χ2n) is 14.9. The zero-order valence-electron chi connectivity index (χ0n) is 29.0. The number of carbonyl (C=O) groups is 1. The summed E-state index contributed by atoms with van der Waals surface area (Å²) in [5, 5.41) is 15.6. The summed E-state index contributed by atoms with van der Waals surface area (Å²) in [6.45, 7) is 13.9. The average molecular weight is 652 g/mol. The van der Waals surface area contributed by atoms with Crippen LogP contribution in [0.15, 0.2) is 60.8 Å². The molecular weight excluding hydrogens is 602 g/mol. The smallest absolute Gasteiger partial charge is 0.319 e. The number of nitrogens with one attached hydrogen (secondary N) is 2. The van der Waals surface area contributed by atoms with Crippen LogP contribution in [0.2, 0.25) is 0 Å². The molecule has 10 nitrogen and oxygen atoms in total. The minimum atomic E-state index is -0.195. The van der Waals surface area contributed by atoms with Crippen molar-refractivity contribution in [1.82, 2.24) is 29.7 Å². The Balaban J connectivity index is 1.08. The molecule has 0 bridgehead atoms. The number of carbonyl (C=O) groups excluding carboxylic acids is 1. The number of hydrogen-bond donors (Lipinski definition) is 2. The van der Waals surface area contributed by atoms with Crippen LogP contribution in [-0.2, 0) is 22.2 Å². The number of ether oxygens (including phenoxy) is 2. The van der Waals surface area contributed by atoms with Gasteiger partial charge in [-0.05, 0) is 92.1 Å². The minimum absolute atomic E-state index is 0.0347. The van der Waals surface area contributed by atoms with Crippen molar-refractivity contribution in [3.63, 3.8) is 0 Å². The topological polar surface area (TPSA) is 96.3 Å². The largest absolute Gasteiger partial charge is 0.484 e. The molecule has 2 fully saturated rings. The van der Waals surface area contributed by atoms with Gasteiger partial charge in [-0.1, -0.05) is 57.2 Å². The number of nitrogens with zero attached hydrogens (tertiary/aromatic N) is 5. The highest BCUT2D eigenvalue weighted by Gasteiger charge is 2.40. The van der Waals surface area contributed by atoms with Gasteiger partial charge in [0.1, 0.15) is 11.9 Å². The molecule has 2 aromatic carbocycles. The highest BCUT2D eigenvalue weighted by Crippen LogP contribution is 2.40. The Hall–Kier alpha value is -3.99. The van der Waals surface area contributed by atoms with Gasteiger partial charge in [-0.3, -0.25) is 14.2 Å². The van der Waals surface area contributed by atoms with E-state index in [4.69, 9.17) is 9.47 Å². The number of urea groups is 1. The van der Waals surface area contributed by atoms with E-state index >= 15 is 0 Å². The number of fused-ring (bicyclic) bond motifs is 2. The van der Waals surface area contributed by atoms with E-state index in [0.29, 0.717) is 0 Å². The maximum atomic E-state index is 13.7. The van der Waals surface area contributed by atoms with Gasteiger partial charge in [0.25, 0.3) is 0 Å². The van der Waals surface area contributed by atoms with Crippen molar-refractivity contribution in [2.75, 3.05) is 45.2 Å². The highest BCUT2D eigenvalue weighted by molar-refractivity contribution is 5.90. The quantitative estimate of drug-likeness (QED) is 0.233. The third kappa shape index (κ3) is 6.53. The first-order chi connectivity index (χ1) is 23.1. The summed E-state index contributed by atoms with van der Waals surface area (Å²) in [6.07, 6.45) is 5.63. The molecule has 3 aliphatic rings. The van der Waals surface area contributed by atoms with E-state index < -0.39 is 0 Å². The van der Waals surface area contributed by atoms with Crippen LogP contribution in [0.5, 0.6) is 5.75 Å². The molecule has 0 unspecified atom stereocenters. The maximum Gasteiger partial charge on any atom is 0.319 e. The number of likely N-dealkylation sites (tertiary alicyclic amines) is 1. The highest BCUT2D eigenvalue weighted by atomic mass is 16.5. The Morgan fingerprint density at radius 3 is 2.56 bits per heavy atom. The molecule has 2 saturated heterocycles. The van der Waals surface area contributed by atoms with E-state index in [-0.39, 0.29) is 29.1 Å². The summed E-state index contributed by atoms with van der Waals surface area (Å²) in [5.41, 5.74) is 5.97. The van der Waals surface area contributed by atoms with Crippen LogP contribution in [0.25, 0.3) is 5.65 Å². The van der Waals surface area contributed by atoms with Crippen LogP contribution in [0.4, 0.5) is 10.5 Å². The number of aromatic nitrogens is 3. The summed E-state index contributed by atoms with van der Waals surface area (Å²) in [4.78, 5) is 18.4. The Labute approximate surface area is 283 Å². The first-order valence-electron chi connectivity index (χ1n) is 17.4. The van der Waals surface area contributed by atoms with Crippen LogP contribution in [0.1, 0.15) is 93.6 Å². The van der Waals surface area contributed by atoms with Gasteiger partial charge in [0.2, 0.25) is 0 Å². The summed E-state index contributed by atoms with van der Waals surface area (Å²) < 4.78 is 14.3. The van der Waals surface area contributed by atoms with Crippen molar-refractivity contribution in [2.24, 2.45) is 0 Å². The molecule has 10 heteroatoms. The molecule has 1 aliphatic carbocycles. The molecule has 0 radical (unpaired) electrons. The fraction of sp³-hybridized carbons (Fsp3) is 0.500. The van der Waals surface area contributed by atoms with Gasteiger partial charge >= 0.3 is 6.03 Å². The fourth-order valence-electron chi connectivity index (χ4n) is 7.49. The second kappa shape index (κ2) is 13.1. The zero-order chi connectivity index (χ0) is 33.5. The molecule has 2 aliphatic heterocycles. The monoisotopic (exact) mass is 651 g/mol. The lowest BCUT2D eigenvalue weighted by Gasteiger charge is -2.33. The summed E-state index contributed by atoms with van der Waals surface area (Å²) in [6, 6.07) is 18.4. The number of rotatable bonds is 7. The van der Waals surface area contributed by atoms with E-state index in [1.54, 1.807) is 0 Å². The first-order valence-corrected chi connectivity index (χ1v) is 17.4. The number of pyridine rings is 1. The predicted octanol–water partition coefficient (Wildman–Crippen LogP) is 6.58. The van der Waals surface area contributed by atoms with Gasteiger partial charge in [0, 0.05) is 25.3 Å². The fourth-order valence-corrected chi connectivity index (χ4v) is 7.49. The number of amides is 2. The first kappa shape index (κ1) is 32.6. The van der Waals surface area contributed by atoms with Crippen molar-refractivity contribution in [3.05, 3.63) is 88.9 Å². The molecule has 3 atom stereocenters. The number of morpholine rings is 1. The molecule has 2 amide bonds. The number of anilines is 1. The van der Waals surface area contributed by atoms with E-state index in [1.807, 2.05) is 30.5 Å². The lowest BCUT2D eigenvalue weighted by molar-refractivity contribution is 0.0342. The molecular formula is C38H49N7O3. The van der Waals surface area contributed by atoms with Gasteiger partial charge < -0.3 is 20.1 Å². The molecule has 2 N–H and O–H groups in total. The van der Waals surface area contributed by atoms with Crippen LogP contribution < -0.4 is 15.4 Å². The lowest BCUT2D eigenvalue weighted by atomic mass is 9.85. The van der Waals surface area contributed by atoms with E-state index in [1.165, 1.54) is 5.56 Å². The average Bonchev–Trinajstić information content (AvgIpc) is 3.65. The minimum Gasteiger partial charge on any atom is -0.484 e. The molecule has 7 rings (SSSR count). The van der Waals surface area contributed by atoms with Gasteiger partial charge in [0.05, 0.1) is 31.0 Å². The van der Waals surface area contributed by atoms with E-state index in [2.05, 4.69) is 100 Å². The third-order valence-electron chi connectivity index (χ3n) is 10.6. The Morgan fingerprint density at radius 1 is 1.02 bits per heavy atom. The van der Waals surface area contributed by atoms with Gasteiger partial charge in [0.15, 0.2) is 11.5 Å². The molecule has 0 saturated carbocycles. The summed E-state index contributed by atoms with van der Waals surface area (Å²) >= 11 is 0. The summed E-state index contributed by atoms with van der Waals surface area (Å²) in [7, 11) is 2.16. The van der Waals surface area contributed by atoms with Crippen molar-refractivity contribution < 1.29 is 14.3 Å². The Bertz CT molecular complexity index is 1780. The van der Waals surface area contributed by atoms with Gasteiger partial charge in [-0.25, -0.2) is 4.79 Å². The van der Waals surface area contributed by atoms with E-state index in [9.17, 15) is 4.79 Å². The summed E-state index contributed by atoms with van der Waals surface area (Å²) in [5.74, 6) is 1.73. The SMILES string of the molecule is CN1CCC[C@@]1(C)c1nnc2ccc(O[C@@H]3CC[C@H](NC(=O)Nc4cc(C(C)(C)C)ccc4CN4CCOCC4)c4ccccc43)cn12. The molecule has 0 spiro atoms.